The van der Waals surface area contributed by atoms with Crippen LogP contribution in [0.25, 0.3) is 11.3 Å². The summed E-state index contributed by atoms with van der Waals surface area (Å²) in [6.07, 6.45) is -1.64. The van der Waals surface area contributed by atoms with E-state index in [1.807, 2.05) is 0 Å². The third-order valence-corrected chi connectivity index (χ3v) is 2.75. The highest BCUT2D eigenvalue weighted by Gasteiger charge is 2.30. The summed E-state index contributed by atoms with van der Waals surface area (Å²) in [7, 11) is 0. The SMILES string of the molecule is Cc1cc(C(F)(F)F)ccc1-c1ncncc1Cl. The third kappa shape index (κ3) is 2.46. The van der Waals surface area contributed by atoms with Gasteiger partial charge < -0.3 is 0 Å². The van der Waals surface area contributed by atoms with Crippen molar-refractivity contribution in [3.05, 3.63) is 46.9 Å². The largest absolute Gasteiger partial charge is 0.416 e. The van der Waals surface area contributed by atoms with Gasteiger partial charge in [0.2, 0.25) is 0 Å². The van der Waals surface area contributed by atoms with Crippen molar-refractivity contribution in [2.45, 2.75) is 13.1 Å². The number of nitrogens with zero attached hydrogens (tertiary/aromatic N) is 2. The second-order valence-electron chi connectivity index (χ2n) is 3.75. The fraction of sp³-hybridized carbons (Fsp3) is 0.167. The average molecular weight is 273 g/mol. The van der Waals surface area contributed by atoms with E-state index in [0.29, 0.717) is 21.8 Å². The van der Waals surface area contributed by atoms with Gasteiger partial charge in [0.1, 0.15) is 6.33 Å². The molecule has 0 aliphatic rings. The van der Waals surface area contributed by atoms with Gasteiger partial charge in [-0.3, -0.25) is 0 Å². The molecule has 2 aromatic rings. The minimum Gasteiger partial charge on any atom is -0.243 e. The molecular formula is C12H8ClF3N2. The van der Waals surface area contributed by atoms with Gasteiger partial charge in [0.25, 0.3) is 0 Å². The molecule has 18 heavy (non-hydrogen) atoms. The van der Waals surface area contributed by atoms with Crippen molar-refractivity contribution in [1.82, 2.24) is 9.97 Å². The summed E-state index contributed by atoms with van der Waals surface area (Å²) < 4.78 is 37.6. The van der Waals surface area contributed by atoms with Crippen molar-refractivity contribution < 1.29 is 13.2 Å². The van der Waals surface area contributed by atoms with Crippen molar-refractivity contribution in [3.63, 3.8) is 0 Å². The van der Waals surface area contributed by atoms with Gasteiger partial charge in [-0.15, -0.1) is 0 Å². The summed E-state index contributed by atoms with van der Waals surface area (Å²) in [6.45, 7) is 1.59. The van der Waals surface area contributed by atoms with Crippen molar-refractivity contribution in [2.75, 3.05) is 0 Å². The minimum atomic E-state index is -4.35. The molecule has 0 amide bonds. The number of aromatic nitrogens is 2. The van der Waals surface area contributed by atoms with Crippen LogP contribution in [0, 0.1) is 6.92 Å². The summed E-state index contributed by atoms with van der Waals surface area (Å²) in [4.78, 5) is 7.71. The van der Waals surface area contributed by atoms with E-state index in [4.69, 9.17) is 11.6 Å². The Balaban J connectivity index is 2.52. The van der Waals surface area contributed by atoms with Crippen LogP contribution in [0.2, 0.25) is 5.02 Å². The maximum Gasteiger partial charge on any atom is 0.416 e. The molecule has 1 aromatic heterocycles. The lowest BCUT2D eigenvalue weighted by Gasteiger charge is -2.11. The Labute approximate surface area is 106 Å². The lowest BCUT2D eigenvalue weighted by atomic mass is 10.0. The van der Waals surface area contributed by atoms with Gasteiger partial charge in [0.05, 0.1) is 16.3 Å². The second-order valence-corrected chi connectivity index (χ2v) is 4.15. The highest BCUT2D eigenvalue weighted by atomic mass is 35.5. The number of hydrogen-bond acceptors (Lipinski definition) is 2. The van der Waals surface area contributed by atoms with Gasteiger partial charge in [-0.2, -0.15) is 13.2 Å². The lowest BCUT2D eigenvalue weighted by Crippen LogP contribution is -2.05. The Morgan fingerprint density at radius 1 is 1.22 bits per heavy atom. The summed E-state index contributed by atoms with van der Waals surface area (Å²) in [5.41, 5.74) is 0.771. The monoisotopic (exact) mass is 272 g/mol. The fourth-order valence-corrected chi connectivity index (χ4v) is 1.82. The van der Waals surface area contributed by atoms with Crippen LogP contribution in [-0.2, 0) is 6.18 Å². The Morgan fingerprint density at radius 2 is 1.94 bits per heavy atom. The van der Waals surface area contributed by atoms with E-state index in [1.165, 1.54) is 18.6 Å². The second kappa shape index (κ2) is 4.57. The zero-order chi connectivity index (χ0) is 13.3. The molecule has 0 N–H and O–H groups in total. The van der Waals surface area contributed by atoms with E-state index in [1.54, 1.807) is 6.92 Å². The number of hydrogen-bond donors (Lipinski definition) is 0. The van der Waals surface area contributed by atoms with Crippen molar-refractivity contribution in [1.29, 1.82) is 0 Å². The molecule has 0 fully saturated rings. The van der Waals surface area contributed by atoms with E-state index in [0.717, 1.165) is 12.1 Å². The Hall–Kier alpha value is -1.62. The van der Waals surface area contributed by atoms with E-state index in [2.05, 4.69) is 9.97 Å². The van der Waals surface area contributed by atoms with E-state index >= 15 is 0 Å². The first-order valence-corrected chi connectivity index (χ1v) is 5.41. The normalized spacial score (nSPS) is 11.6. The van der Waals surface area contributed by atoms with Crippen LogP contribution in [0.4, 0.5) is 13.2 Å². The molecule has 0 aliphatic carbocycles. The third-order valence-electron chi connectivity index (χ3n) is 2.48. The molecule has 0 aliphatic heterocycles. The molecule has 0 bridgehead atoms. The van der Waals surface area contributed by atoms with Gasteiger partial charge in [-0.1, -0.05) is 17.7 Å². The predicted molar refractivity (Wildman–Crippen MR) is 62.2 cm³/mol. The number of alkyl halides is 3. The first-order valence-electron chi connectivity index (χ1n) is 5.03. The standard InChI is InChI=1S/C12H8ClF3N2/c1-7-4-8(12(14,15)16)2-3-9(7)11-10(13)5-17-6-18-11/h2-6H,1H3. The topological polar surface area (TPSA) is 25.8 Å². The Morgan fingerprint density at radius 3 is 2.50 bits per heavy atom. The summed E-state index contributed by atoms with van der Waals surface area (Å²) in [6, 6.07) is 3.46. The van der Waals surface area contributed by atoms with Crippen LogP contribution in [0.1, 0.15) is 11.1 Å². The molecule has 0 saturated carbocycles. The minimum absolute atomic E-state index is 0.306. The molecule has 6 heteroatoms. The van der Waals surface area contributed by atoms with Crippen LogP contribution >= 0.6 is 11.6 Å². The number of benzene rings is 1. The highest BCUT2D eigenvalue weighted by molar-refractivity contribution is 6.32. The molecule has 0 atom stereocenters. The first-order chi connectivity index (χ1) is 8.39. The van der Waals surface area contributed by atoms with Crippen LogP contribution in [0.5, 0.6) is 0 Å². The van der Waals surface area contributed by atoms with E-state index in [9.17, 15) is 13.2 Å². The molecule has 0 unspecified atom stereocenters. The van der Waals surface area contributed by atoms with Crippen LogP contribution in [0.3, 0.4) is 0 Å². The fourth-order valence-electron chi connectivity index (χ4n) is 1.62. The molecule has 94 valence electrons. The number of rotatable bonds is 1. The molecule has 1 aromatic carbocycles. The first kappa shape index (κ1) is 12.8. The summed E-state index contributed by atoms with van der Waals surface area (Å²) in [5, 5.41) is 0.306. The van der Waals surface area contributed by atoms with Crippen molar-refractivity contribution in [2.24, 2.45) is 0 Å². The molecular weight excluding hydrogens is 265 g/mol. The molecule has 2 rings (SSSR count). The molecule has 1 heterocycles. The molecule has 2 nitrogen and oxygen atoms in total. The van der Waals surface area contributed by atoms with Crippen molar-refractivity contribution >= 4 is 11.6 Å². The Kier molecular flexibility index (Phi) is 3.26. The van der Waals surface area contributed by atoms with Crippen molar-refractivity contribution in [3.8, 4) is 11.3 Å². The molecule has 0 spiro atoms. The van der Waals surface area contributed by atoms with Gasteiger partial charge in [0, 0.05) is 11.8 Å². The number of aryl methyl sites for hydroxylation is 1. The van der Waals surface area contributed by atoms with Gasteiger partial charge in [-0.05, 0) is 24.6 Å². The average Bonchev–Trinajstić information content (AvgIpc) is 2.29. The maximum atomic E-state index is 12.5. The van der Waals surface area contributed by atoms with E-state index < -0.39 is 11.7 Å². The smallest absolute Gasteiger partial charge is 0.243 e. The zero-order valence-electron chi connectivity index (χ0n) is 9.29. The quantitative estimate of drug-likeness (QED) is 0.780. The summed E-state index contributed by atoms with van der Waals surface area (Å²) in [5.74, 6) is 0. The predicted octanol–water partition coefficient (Wildman–Crippen LogP) is 4.12. The van der Waals surface area contributed by atoms with Gasteiger partial charge >= 0.3 is 6.18 Å². The summed E-state index contributed by atoms with van der Waals surface area (Å²) >= 11 is 5.91. The van der Waals surface area contributed by atoms with E-state index in [-0.39, 0.29) is 0 Å². The number of halogens is 4. The Bertz CT molecular complexity index is 582. The van der Waals surface area contributed by atoms with Crippen LogP contribution in [-0.4, -0.2) is 9.97 Å². The van der Waals surface area contributed by atoms with Gasteiger partial charge in [0.15, 0.2) is 0 Å². The lowest BCUT2D eigenvalue weighted by molar-refractivity contribution is -0.137. The van der Waals surface area contributed by atoms with Crippen LogP contribution < -0.4 is 0 Å². The van der Waals surface area contributed by atoms with Crippen LogP contribution in [0.15, 0.2) is 30.7 Å². The molecule has 0 saturated heterocycles. The highest BCUT2D eigenvalue weighted by Crippen LogP contribution is 2.34. The maximum absolute atomic E-state index is 12.5. The zero-order valence-corrected chi connectivity index (χ0v) is 10.0. The molecule has 0 radical (unpaired) electrons. The van der Waals surface area contributed by atoms with Gasteiger partial charge in [-0.25, -0.2) is 9.97 Å².